The van der Waals surface area contributed by atoms with Crippen molar-refractivity contribution in [2.75, 3.05) is 31.2 Å². The summed E-state index contributed by atoms with van der Waals surface area (Å²) in [4.78, 5) is 2.09. The molecule has 0 radical (unpaired) electrons. The maximum absolute atomic E-state index is 14.0. The molecule has 2 aliphatic rings. The molecule has 0 spiro atoms. The Balaban J connectivity index is 1.62. The van der Waals surface area contributed by atoms with Gasteiger partial charge in [0.1, 0.15) is 5.82 Å². The molecule has 1 aliphatic carbocycles. The highest BCUT2D eigenvalue weighted by molar-refractivity contribution is 5.50. The lowest BCUT2D eigenvalue weighted by atomic mass is 9.95. The summed E-state index contributed by atoms with van der Waals surface area (Å²) in [6.45, 7) is 3.75. The summed E-state index contributed by atoms with van der Waals surface area (Å²) in [5.74, 6) is -0.127. The average Bonchev–Trinajstić information content (AvgIpc) is 2.56. The normalized spacial score (nSPS) is 20.7. The van der Waals surface area contributed by atoms with E-state index >= 15 is 0 Å². The van der Waals surface area contributed by atoms with E-state index in [1.54, 1.807) is 6.07 Å². The van der Waals surface area contributed by atoms with E-state index in [9.17, 15) is 4.39 Å². The third-order valence-electron chi connectivity index (χ3n) is 4.56. The fraction of sp³-hybridized carbons (Fsp3) is 0.647. The van der Waals surface area contributed by atoms with Gasteiger partial charge in [0.05, 0.1) is 18.9 Å². The Morgan fingerprint density at radius 3 is 2.67 bits per heavy atom. The van der Waals surface area contributed by atoms with Crippen molar-refractivity contribution in [2.24, 2.45) is 0 Å². The standard InChI is InChI=1S/C17H25FN2O/c18-16-7-6-14(13-19-15-4-2-1-3-5-15)12-17(16)20-8-10-21-11-9-20/h6-7,12,15,19H,1-5,8-11,13H2. The summed E-state index contributed by atoms with van der Waals surface area (Å²) >= 11 is 0. The Morgan fingerprint density at radius 2 is 1.90 bits per heavy atom. The Labute approximate surface area is 126 Å². The number of nitrogens with zero attached hydrogens (tertiary/aromatic N) is 1. The molecule has 3 rings (SSSR count). The van der Waals surface area contributed by atoms with Crippen LogP contribution >= 0.6 is 0 Å². The number of nitrogens with one attached hydrogen (secondary N) is 1. The minimum Gasteiger partial charge on any atom is -0.378 e. The third-order valence-corrected chi connectivity index (χ3v) is 4.56. The molecule has 1 saturated heterocycles. The van der Waals surface area contributed by atoms with Crippen molar-refractivity contribution in [1.29, 1.82) is 0 Å². The third kappa shape index (κ3) is 3.95. The van der Waals surface area contributed by atoms with Gasteiger partial charge in [-0.05, 0) is 30.5 Å². The van der Waals surface area contributed by atoms with Crippen molar-refractivity contribution in [1.82, 2.24) is 5.32 Å². The van der Waals surface area contributed by atoms with Gasteiger partial charge in [-0.2, -0.15) is 0 Å². The first kappa shape index (κ1) is 14.8. The summed E-state index contributed by atoms with van der Waals surface area (Å²) < 4.78 is 19.4. The maximum Gasteiger partial charge on any atom is 0.146 e. The molecule has 0 amide bonds. The van der Waals surface area contributed by atoms with E-state index in [0.29, 0.717) is 19.3 Å². The first-order valence-electron chi connectivity index (χ1n) is 8.17. The van der Waals surface area contributed by atoms with Crippen molar-refractivity contribution in [3.8, 4) is 0 Å². The predicted octanol–water partition coefficient (Wildman–Crippen LogP) is 3.08. The molecule has 1 aliphatic heterocycles. The van der Waals surface area contributed by atoms with Crippen LogP contribution in [0.5, 0.6) is 0 Å². The van der Waals surface area contributed by atoms with E-state index in [1.165, 1.54) is 37.7 Å². The van der Waals surface area contributed by atoms with Crippen LogP contribution in [0.1, 0.15) is 37.7 Å². The van der Waals surface area contributed by atoms with Gasteiger partial charge in [-0.1, -0.05) is 25.3 Å². The molecule has 1 aromatic rings. The Hall–Kier alpha value is -1.13. The molecule has 1 aromatic carbocycles. The molecular formula is C17H25FN2O. The molecule has 0 unspecified atom stereocenters. The summed E-state index contributed by atoms with van der Waals surface area (Å²) in [6, 6.07) is 6.13. The number of morpholine rings is 1. The number of ether oxygens (including phenoxy) is 1. The zero-order valence-electron chi connectivity index (χ0n) is 12.6. The van der Waals surface area contributed by atoms with Crippen molar-refractivity contribution < 1.29 is 9.13 Å². The molecule has 4 heteroatoms. The van der Waals surface area contributed by atoms with E-state index in [2.05, 4.69) is 10.2 Å². The SMILES string of the molecule is Fc1ccc(CNC2CCCCC2)cc1N1CCOCC1. The second-order valence-corrected chi connectivity index (χ2v) is 6.10. The second kappa shape index (κ2) is 7.23. The smallest absolute Gasteiger partial charge is 0.146 e. The first-order valence-corrected chi connectivity index (χ1v) is 8.17. The molecular weight excluding hydrogens is 267 g/mol. The Kier molecular flexibility index (Phi) is 5.09. The maximum atomic E-state index is 14.0. The number of rotatable bonds is 4. The van der Waals surface area contributed by atoms with Gasteiger partial charge in [0.2, 0.25) is 0 Å². The van der Waals surface area contributed by atoms with Crippen LogP contribution in [0.15, 0.2) is 18.2 Å². The monoisotopic (exact) mass is 292 g/mol. The lowest BCUT2D eigenvalue weighted by molar-refractivity contribution is 0.122. The van der Waals surface area contributed by atoms with Gasteiger partial charge >= 0.3 is 0 Å². The van der Waals surface area contributed by atoms with Gasteiger partial charge < -0.3 is 15.0 Å². The predicted molar refractivity (Wildman–Crippen MR) is 83.1 cm³/mol. The number of hydrogen-bond donors (Lipinski definition) is 1. The van der Waals surface area contributed by atoms with Crippen LogP contribution in [-0.4, -0.2) is 32.3 Å². The topological polar surface area (TPSA) is 24.5 Å². The van der Waals surface area contributed by atoms with Crippen LogP contribution in [0.3, 0.4) is 0 Å². The Bertz CT molecular complexity index is 454. The van der Waals surface area contributed by atoms with Crippen LogP contribution in [0, 0.1) is 5.82 Å². The summed E-state index contributed by atoms with van der Waals surface area (Å²) in [5.41, 5.74) is 1.89. The van der Waals surface area contributed by atoms with E-state index in [-0.39, 0.29) is 5.82 Å². The van der Waals surface area contributed by atoms with Crippen LogP contribution < -0.4 is 10.2 Å². The molecule has 3 nitrogen and oxygen atoms in total. The van der Waals surface area contributed by atoms with Gasteiger partial charge in [0.15, 0.2) is 0 Å². The van der Waals surface area contributed by atoms with Crippen molar-refractivity contribution in [3.63, 3.8) is 0 Å². The van der Waals surface area contributed by atoms with E-state index < -0.39 is 0 Å². The van der Waals surface area contributed by atoms with Crippen molar-refractivity contribution in [3.05, 3.63) is 29.6 Å². The van der Waals surface area contributed by atoms with Crippen LogP contribution in [0.4, 0.5) is 10.1 Å². The van der Waals surface area contributed by atoms with Crippen LogP contribution in [0.25, 0.3) is 0 Å². The minimum atomic E-state index is -0.127. The van der Waals surface area contributed by atoms with Gasteiger partial charge in [0, 0.05) is 25.7 Å². The summed E-state index contributed by atoms with van der Waals surface area (Å²) in [6.07, 6.45) is 6.59. The zero-order valence-corrected chi connectivity index (χ0v) is 12.6. The van der Waals surface area contributed by atoms with Crippen LogP contribution in [0.2, 0.25) is 0 Å². The van der Waals surface area contributed by atoms with E-state index in [0.717, 1.165) is 25.3 Å². The molecule has 21 heavy (non-hydrogen) atoms. The van der Waals surface area contributed by atoms with E-state index in [1.807, 2.05) is 12.1 Å². The highest BCUT2D eigenvalue weighted by Crippen LogP contribution is 2.23. The number of benzene rings is 1. The summed E-state index contributed by atoms with van der Waals surface area (Å²) in [7, 11) is 0. The fourth-order valence-corrected chi connectivity index (χ4v) is 3.28. The van der Waals surface area contributed by atoms with Gasteiger partial charge in [-0.15, -0.1) is 0 Å². The number of anilines is 1. The average molecular weight is 292 g/mol. The lowest BCUT2D eigenvalue weighted by Crippen LogP contribution is -2.37. The molecule has 116 valence electrons. The van der Waals surface area contributed by atoms with Crippen molar-refractivity contribution >= 4 is 5.69 Å². The molecule has 0 bridgehead atoms. The first-order chi connectivity index (χ1) is 10.3. The Morgan fingerprint density at radius 1 is 1.14 bits per heavy atom. The van der Waals surface area contributed by atoms with Gasteiger partial charge in [0.25, 0.3) is 0 Å². The number of hydrogen-bond acceptors (Lipinski definition) is 3. The summed E-state index contributed by atoms with van der Waals surface area (Å²) in [5, 5.41) is 3.62. The number of halogens is 1. The van der Waals surface area contributed by atoms with Crippen molar-refractivity contribution in [2.45, 2.75) is 44.7 Å². The molecule has 0 atom stereocenters. The fourth-order valence-electron chi connectivity index (χ4n) is 3.28. The molecule has 2 fully saturated rings. The van der Waals surface area contributed by atoms with E-state index in [4.69, 9.17) is 4.74 Å². The largest absolute Gasteiger partial charge is 0.378 e. The lowest BCUT2D eigenvalue weighted by Gasteiger charge is -2.29. The second-order valence-electron chi connectivity index (χ2n) is 6.10. The molecule has 1 heterocycles. The highest BCUT2D eigenvalue weighted by atomic mass is 19.1. The molecule has 0 aromatic heterocycles. The van der Waals surface area contributed by atoms with Gasteiger partial charge in [-0.25, -0.2) is 4.39 Å². The molecule has 1 N–H and O–H groups in total. The van der Waals surface area contributed by atoms with Crippen LogP contribution in [-0.2, 0) is 11.3 Å². The minimum absolute atomic E-state index is 0.127. The highest BCUT2D eigenvalue weighted by Gasteiger charge is 2.16. The van der Waals surface area contributed by atoms with Gasteiger partial charge in [-0.3, -0.25) is 0 Å². The quantitative estimate of drug-likeness (QED) is 0.923. The molecule has 1 saturated carbocycles. The zero-order chi connectivity index (χ0) is 14.5.